The molecule has 1 aromatic heterocycles. The second kappa shape index (κ2) is 4.50. The lowest BCUT2D eigenvalue weighted by Gasteiger charge is -2.09. The van der Waals surface area contributed by atoms with Crippen molar-refractivity contribution in [2.45, 2.75) is 52.0 Å². The molecular weight excluding hydrogens is 198 g/mol. The van der Waals surface area contributed by atoms with E-state index >= 15 is 0 Å². The van der Waals surface area contributed by atoms with Crippen LogP contribution in [0.1, 0.15) is 49.8 Å². The molecule has 1 fully saturated rings. The van der Waals surface area contributed by atoms with Crippen molar-refractivity contribution in [1.82, 2.24) is 9.97 Å². The van der Waals surface area contributed by atoms with E-state index in [-0.39, 0.29) is 6.04 Å². The van der Waals surface area contributed by atoms with Crippen LogP contribution in [-0.2, 0) is 6.42 Å². The van der Waals surface area contributed by atoms with Crippen molar-refractivity contribution in [2.24, 2.45) is 11.7 Å². The third kappa shape index (κ3) is 2.59. The lowest BCUT2D eigenvalue weighted by Crippen LogP contribution is -2.22. The summed E-state index contributed by atoms with van der Waals surface area (Å²) in [5, 5.41) is 0. The van der Waals surface area contributed by atoms with Gasteiger partial charge in [-0.3, -0.25) is 0 Å². The molecule has 0 radical (unpaired) electrons. The van der Waals surface area contributed by atoms with Crippen LogP contribution in [-0.4, -0.2) is 16.0 Å². The lowest BCUT2D eigenvalue weighted by atomic mass is 10.1. The Morgan fingerprint density at radius 3 is 2.75 bits per heavy atom. The van der Waals surface area contributed by atoms with Crippen LogP contribution < -0.4 is 5.73 Å². The summed E-state index contributed by atoms with van der Waals surface area (Å²) >= 11 is 0. The number of nitrogens with two attached hydrogens (primary N) is 1. The summed E-state index contributed by atoms with van der Waals surface area (Å²) in [5.41, 5.74) is 8.14. The van der Waals surface area contributed by atoms with Crippen molar-refractivity contribution in [1.29, 1.82) is 0 Å². The van der Waals surface area contributed by atoms with E-state index in [0.717, 1.165) is 36.0 Å². The molecule has 2 rings (SSSR count). The summed E-state index contributed by atoms with van der Waals surface area (Å²) < 4.78 is 0. The molecule has 16 heavy (non-hydrogen) atoms. The van der Waals surface area contributed by atoms with Gasteiger partial charge < -0.3 is 5.73 Å². The highest BCUT2D eigenvalue weighted by Crippen LogP contribution is 2.45. The predicted octanol–water partition coefficient (Wildman–Crippen LogP) is 2.19. The second-order valence-electron chi connectivity index (χ2n) is 5.05. The topological polar surface area (TPSA) is 51.8 Å². The highest BCUT2D eigenvalue weighted by atomic mass is 14.9. The van der Waals surface area contributed by atoms with E-state index in [9.17, 15) is 0 Å². The van der Waals surface area contributed by atoms with E-state index < -0.39 is 0 Å². The van der Waals surface area contributed by atoms with Crippen molar-refractivity contribution >= 4 is 0 Å². The molecule has 88 valence electrons. The largest absolute Gasteiger partial charge is 0.327 e. The van der Waals surface area contributed by atoms with Gasteiger partial charge in [0.1, 0.15) is 5.82 Å². The molecule has 0 saturated heterocycles. The summed E-state index contributed by atoms with van der Waals surface area (Å²) in [7, 11) is 0. The number of aromatic nitrogens is 2. The smallest absolute Gasteiger partial charge is 0.132 e. The zero-order valence-electron chi connectivity index (χ0n) is 10.4. The highest BCUT2D eigenvalue weighted by molar-refractivity contribution is 5.17. The molecule has 1 aliphatic carbocycles. The molecule has 1 aromatic rings. The first-order valence-corrected chi connectivity index (χ1v) is 6.20. The van der Waals surface area contributed by atoms with Gasteiger partial charge in [0.15, 0.2) is 0 Å². The Balaban J connectivity index is 2.16. The van der Waals surface area contributed by atoms with Gasteiger partial charge in [-0.15, -0.1) is 0 Å². The standard InChI is InChI=1S/C13H21N3/c1-4-10(14)7-11-6-9(3)15-13(16-11)12-5-8(12)2/h6,8,10,12H,4-5,7,14H2,1-3H3. The van der Waals surface area contributed by atoms with E-state index in [4.69, 9.17) is 5.73 Å². The van der Waals surface area contributed by atoms with Gasteiger partial charge >= 0.3 is 0 Å². The van der Waals surface area contributed by atoms with E-state index in [2.05, 4.69) is 29.9 Å². The van der Waals surface area contributed by atoms with E-state index in [1.54, 1.807) is 0 Å². The Morgan fingerprint density at radius 2 is 2.19 bits per heavy atom. The van der Waals surface area contributed by atoms with Crippen LogP contribution >= 0.6 is 0 Å². The molecule has 1 heterocycles. The maximum absolute atomic E-state index is 5.96. The minimum atomic E-state index is 0.221. The van der Waals surface area contributed by atoms with Crippen LogP contribution in [0.3, 0.4) is 0 Å². The summed E-state index contributed by atoms with van der Waals surface area (Å²) in [5.74, 6) is 2.39. The molecule has 3 atom stereocenters. The molecule has 2 N–H and O–H groups in total. The zero-order chi connectivity index (χ0) is 11.7. The zero-order valence-corrected chi connectivity index (χ0v) is 10.4. The van der Waals surface area contributed by atoms with Crippen LogP contribution in [0.15, 0.2) is 6.07 Å². The molecule has 0 amide bonds. The minimum Gasteiger partial charge on any atom is -0.327 e. The lowest BCUT2D eigenvalue weighted by molar-refractivity contribution is 0.630. The molecule has 0 bridgehead atoms. The Morgan fingerprint density at radius 1 is 1.50 bits per heavy atom. The van der Waals surface area contributed by atoms with Crippen molar-refractivity contribution in [2.75, 3.05) is 0 Å². The van der Waals surface area contributed by atoms with Gasteiger partial charge in [-0.25, -0.2) is 9.97 Å². The maximum Gasteiger partial charge on any atom is 0.132 e. The molecule has 0 aromatic carbocycles. The molecule has 3 unspecified atom stereocenters. The van der Waals surface area contributed by atoms with Gasteiger partial charge in [0.05, 0.1) is 0 Å². The first kappa shape index (κ1) is 11.5. The van der Waals surface area contributed by atoms with Crippen LogP contribution in [0.5, 0.6) is 0 Å². The Kier molecular flexibility index (Phi) is 3.24. The van der Waals surface area contributed by atoms with Crippen LogP contribution in [0.4, 0.5) is 0 Å². The molecule has 0 aliphatic heterocycles. The van der Waals surface area contributed by atoms with Gasteiger partial charge in [-0.2, -0.15) is 0 Å². The third-order valence-electron chi connectivity index (χ3n) is 3.36. The SMILES string of the molecule is CCC(N)Cc1cc(C)nc(C2CC2C)n1. The highest BCUT2D eigenvalue weighted by Gasteiger charge is 2.36. The maximum atomic E-state index is 5.96. The molecule has 3 heteroatoms. The van der Waals surface area contributed by atoms with E-state index in [1.165, 1.54) is 6.42 Å². The summed E-state index contributed by atoms with van der Waals surface area (Å²) in [6.07, 6.45) is 3.11. The molecule has 1 saturated carbocycles. The van der Waals surface area contributed by atoms with Gasteiger partial charge in [-0.05, 0) is 31.7 Å². The Labute approximate surface area is 97.5 Å². The molecule has 1 aliphatic rings. The number of hydrogen-bond acceptors (Lipinski definition) is 3. The number of rotatable bonds is 4. The fourth-order valence-electron chi connectivity index (χ4n) is 2.02. The number of hydrogen-bond donors (Lipinski definition) is 1. The first-order valence-electron chi connectivity index (χ1n) is 6.20. The summed E-state index contributed by atoms with van der Waals surface area (Å²) in [6, 6.07) is 2.28. The fourth-order valence-corrected chi connectivity index (χ4v) is 2.02. The van der Waals surface area contributed by atoms with Gasteiger partial charge in [-0.1, -0.05) is 13.8 Å². The monoisotopic (exact) mass is 219 g/mol. The molecular formula is C13H21N3. The van der Waals surface area contributed by atoms with Crippen LogP contribution in [0.25, 0.3) is 0 Å². The van der Waals surface area contributed by atoms with Crippen molar-refractivity contribution in [3.8, 4) is 0 Å². The number of nitrogens with zero attached hydrogens (tertiary/aromatic N) is 2. The van der Waals surface area contributed by atoms with Gasteiger partial charge in [0.2, 0.25) is 0 Å². The quantitative estimate of drug-likeness (QED) is 0.844. The summed E-state index contributed by atoms with van der Waals surface area (Å²) in [6.45, 7) is 6.41. The Bertz CT molecular complexity index is 375. The van der Waals surface area contributed by atoms with Gasteiger partial charge in [0, 0.05) is 29.8 Å². The minimum absolute atomic E-state index is 0.221. The second-order valence-corrected chi connectivity index (χ2v) is 5.05. The fraction of sp³-hybridized carbons (Fsp3) is 0.692. The van der Waals surface area contributed by atoms with Crippen molar-refractivity contribution in [3.63, 3.8) is 0 Å². The van der Waals surface area contributed by atoms with Gasteiger partial charge in [0.25, 0.3) is 0 Å². The van der Waals surface area contributed by atoms with E-state index in [0.29, 0.717) is 5.92 Å². The Hall–Kier alpha value is -0.960. The normalized spacial score (nSPS) is 25.5. The average molecular weight is 219 g/mol. The van der Waals surface area contributed by atoms with Crippen molar-refractivity contribution < 1.29 is 0 Å². The molecule has 3 nitrogen and oxygen atoms in total. The number of aryl methyl sites for hydroxylation is 1. The van der Waals surface area contributed by atoms with Crippen LogP contribution in [0.2, 0.25) is 0 Å². The van der Waals surface area contributed by atoms with E-state index in [1.807, 2.05) is 6.92 Å². The summed E-state index contributed by atoms with van der Waals surface area (Å²) in [4.78, 5) is 9.17. The first-order chi connectivity index (χ1) is 7.60. The molecule has 0 spiro atoms. The average Bonchev–Trinajstić information content (AvgIpc) is 2.94. The third-order valence-corrected chi connectivity index (χ3v) is 3.36. The predicted molar refractivity (Wildman–Crippen MR) is 65.3 cm³/mol. The van der Waals surface area contributed by atoms with Crippen LogP contribution in [0, 0.1) is 12.8 Å². The van der Waals surface area contributed by atoms with Crippen molar-refractivity contribution in [3.05, 3.63) is 23.3 Å².